The Bertz CT molecular complexity index is 657. The molecule has 0 saturated heterocycles. The van der Waals surface area contributed by atoms with Gasteiger partial charge < -0.3 is 20.5 Å². The van der Waals surface area contributed by atoms with Crippen LogP contribution in [0.25, 0.3) is 11.2 Å². The molecule has 19 heavy (non-hydrogen) atoms. The lowest BCUT2D eigenvalue weighted by atomic mass is 10.0. The van der Waals surface area contributed by atoms with E-state index in [1.165, 1.54) is 6.33 Å². The number of rotatable bonds is 2. The fourth-order valence-electron chi connectivity index (χ4n) is 3.59. The summed E-state index contributed by atoms with van der Waals surface area (Å²) in [6, 6.07) is 0.126. The van der Waals surface area contributed by atoms with Gasteiger partial charge in [-0.1, -0.05) is 0 Å². The van der Waals surface area contributed by atoms with Gasteiger partial charge in [0.15, 0.2) is 11.5 Å². The topological polar surface area (TPSA) is 110 Å². The summed E-state index contributed by atoms with van der Waals surface area (Å²) in [7, 11) is 0. The monoisotopic (exact) mass is 261 g/mol. The van der Waals surface area contributed by atoms with Crippen molar-refractivity contribution in [3.63, 3.8) is 0 Å². The average molecular weight is 261 g/mol. The van der Waals surface area contributed by atoms with Crippen molar-refractivity contribution in [2.24, 2.45) is 11.3 Å². The van der Waals surface area contributed by atoms with Gasteiger partial charge in [-0.2, -0.15) is 0 Å². The van der Waals surface area contributed by atoms with Gasteiger partial charge in [0.25, 0.3) is 0 Å². The Morgan fingerprint density at radius 1 is 1.42 bits per heavy atom. The average Bonchev–Trinajstić information content (AvgIpc) is 2.89. The lowest BCUT2D eigenvalue weighted by Crippen LogP contribution is -2.22. The minimum Gasteiger partial charge on any atom is -0.396 e. The van der Waals surface area contributed by atoms with Gasteiger partial charge in [-0.25, -0.2) is 15.0 Å². The molecule has 2 saturated carbocycles. The molecule has 0 aromatic carbocycles. The number of hydrogen-bond donors (Lipinski definition) is 3. The van der Waals surface area contributed by atoms with Crippen molar-refractivity contribution in [1.29, 1.82) is 0 Å². The zero-order chi connectivity index (χ0) is 13.2. The van der Waals surface area contributed by atoms with Crippen LogP contribution in [0.15, 0.2) is 12.7 Å². The number of aliphatic hydroxyl groups is 2. The Hall–Kier alpha value is -1.73. The van der Waals surface area contributed by atoms with Gasteiger partial charge >= 0.3 is 0 Å². The van der Waals surface area contributed by atoms with Crippen LogP contribution < -0.4 is 5.73 Å². The first-order chi connectivity index (χ1) is 9.17. The number of nitrogens with zero attached hydrogens (tertiary/aromatic N) is 4. The normalized spacial score (nSPS) is 36.6. The molecular formula is C12H15N5O2. The smallest absolute Gasteiger partial charge is 0.165 e. The molecule has 2 fully saturated rings. The summed E-state index contributed by atoms with van der Waals surface area (Å²) in [4.78, 5) is 12.4. The summed E-state index contributed by atoms with van der Waals surface area (Å²) < 4.78 is 1.96. The van der Waals surface area contributed by atoms with Gasteiger partial charge in [0.2, 0.25) is 0 Å². The van der Waals surface area contributed by atoms with Crippen molar-refractivity contribution < 1.29 is 10.2 Å². The Kier molecular flexibility index (Phi) is 2.01. The Morgan fingerprint density at radius 2 is 2.26 bits per heavy atom. The van der Waals surface area contributed by atoms with Crippen LogP contribution in [0.2, 0.25) is 0 Å². The molecule has 4 N–H and O–H groups in total. The van der Waals surface area contributed by atoms with Gasteiger partial charge in [-0.15, -0.1) is 0 Å². The first-order valence-electron chi connectivity index (χ1n) is 6.39. The summed E-state index contributed by atoms with van der Waals surface area (Å²) in [5.74, 6) is 0.660. The predicted octanol–water partition coefficient (Wildman–Crippen LogP) is -0.287. The molecule has 0 radical (unpaired) electrons. The van der Waals surface area contributed by atoms with Crippen molar-refractivity contribution in [2.75, 3.05) is 12.3 Å². The van der Waals surface area contributed by atoms with Gasteiger partial charge in [0.1, 0.15) is 11.8 Å². The fourth-order valence-corrected chi connectivity index (χ4v) is 3.59. The van der Waals surface area contributed by atoms with Crippen LogP contribution in [0.5, 0.6) is 0 Å². The second-order valence-electron chi connectivity index (χ2n) is 5.60. The molecule has 100 valence electrons. The molecule has 0 unspecified atom stereocenters. The molecule has 2 aromatic rings. The molecule has 2 aliphatic carbocycles. The number of nitrogens with two attached hydrogens (primary N) is 1. The first kappa shape index (κ1) is 11.1. The van der Waals surface area contributed by atoms with Gasteiger partial charge in [-0.3, -0.25) is 0 Å². The highest BCUT2D eigenvalue weighted by molar-refractivity contribution is 5.81. The largest absolute Gasteiger partial charge is 0.396 e. The molecule has 2 aromatic heterocycles. The molecule has 7 nitrogen and oxygen atoms in total. The van der Waals surface area contributed by atoms with Gasteiger partial charge in [-0.05, 0) is 18.8 Å². The number of anilines is 1. The van der Waals surface area contributed by atoms with Gasteiger partial charge in [0, 0.05) is 11.5 Å². The van der Waals surface area contributed by atoms with E-state index >= 15 is 0 Å². The molecule has 0 bridgehead atoms. The van der Waals surface area contributed by atoms with E-state index in [0.29, 0.717) is 29.3 Å². The van der Waals surface area contributed by atoms with Gasteiger partial charge in [0.05, 0.1) is 19.0 Å². The third-order valence-corrected chi connectivity index (χ3v) is 4.81. The zero-order valence-corrected chi connectivity index (χ0v) is 10.3. The third-order valence-electron chi connectivity index (χ3n) is 4.81. The van der Waals surface area contributed by atoms with Crippen molar-refractivity contribution in [3.8, 4) is 0 Å². The highest BCUT2D eigenvalue weighted by atomic mass is 16.3. The Morgan fingerprint density at radius 3 is 2.95 bits per heavy atom. The predicted molar refractivity (Wildman–Crippen MR) is 67.0 cm³/mol. The number of aliphatic hydroxyl groups excluding tert-OH is 2. The second-order valence-corrected chi connectivity index (χ2v) is 5.60. The first-order valence-corrected chi connectivity index (χ1v) is 6.39. The minimum atomic E-state index is -0.455. The molecule has 4 atom stereocenters. The minimum absolute atomic E-state index is 0.0408. The van der Waals surface area contributed by atoms with Crippen molar-refractivity contribution >= 4 is 17.0 Å². The summed E-state index contributed by atoms with van der Waals surface area (Å²) in [5.41, 5.74) is 6.77. The van der Waals surface area contributed by atoms with E-state index in [0.717, 1.165) is 6.42 Å². The Balaban J connectivity index is 1.79. The summed E-state index contributed by atoms with van der Waals surface area (Å²) in [5, 5.41) is 19.6. The van der Waals surface area contributed by atoms with Crippen molar-refractivity contribution in [1.82, 2.24) is 19.5 Å². The maximum Gasteiger partial charge on any atom is 0.165 e. The van der Waals surface area contributed by atoms with Crippen molar-refractivity contribution in [3.05, 3.63) is 12.7 Å². The van der Waals surface area contributed by atoms with Crippen LogP contribution in [0.3, 0.4) is 0 Å². The summed E-state index contributed by atoms with van der Waals surface area (Å²) >= 11 is 0. The highest BCUT2D eigenvalue weighted by Crippen LogP contribution is 2.67. The second kappa shape index (κ2) is 3.43. The van der Waals surface area contributed by atoms with Crippen LogP contribution in [0.4, 0.5) is 5.82 Å². The molecule has 4 rings (SSSR count). The van der Waals surface area contributed by atoms with Crippen LogP contribution in [-0.4, -0.2) is 42.4 Å². The van der Waals surface area contributed by atoms with E-state index < -0.39 is 6.10 Å². The third kappa shape index (κ3) is 1.26. The zero-order valence-electron chi connectivity index (χ0n) is 10.3. The highest BCUT2D eigenvalue weighted by Gasteiger charge is 2.67. The SMILES string of the molecule is Nc1ncnc2c1ncn2[C@@H]1C[C@@H](O)[C@@]2(CO)C[C@@H]12. The molecule has 0 aliphatic heterocycles. The number of imidazole rings is 1. The molecule has 2 aliphatic rings. The molecule has 7 heteroatoms. The van der Waals surface area contributed by atoms with Crippen LogP contribution in [0.1, 0.15) is 18.9 Å². The fraction of sp³-hybridized carbons (Fsp3) is 0.583. The molecular weight excluding hydrogens is 246 g/mol. The Labute approximate surface area is 109 Å². The van der Waals surface area contributed by atoms with E-state index in [-0.39, 0.29) is 18.1 Å². The number of nitrogen functional groups attached to an aromatic ring is 1. The number of aromatic nitrogens is 4. The van der Waals surface area contributed by atoms with E-state index in [9.17, 15) is 10.2 Å². The van der Waals surface area contributed by atoms with E-state index in [2.05, 4.69) is 15.0 Å². The molecule has 2 heterocycles. The van der Waals surface area contributed by atoms with Crippen LogP contribution in [-0.2, 0) is 0 Å². The van der Waals surface area contributed by atoms with Crippen LogP contribution in [0, 0.1) is 11.3 Å². The molecule has 0 amide bonds. The molecule has 0 spiro atoms. The quantitative estimate of drug-likeness (QED) is 0.685. The lowest BCUT2D eigenvalue weighted by molar-refractivity contribution is 0.0600. The lowest BCUT2D eigenvalue weighted by Gasteiger charge is -2.16. The summed E-state index contributed by atoms with van der Waals surface area (Å²) in [6.45, 7) is 0.0408. The standard InChI is InChI=1S/C12H15N5O2/c13-10-9-11(15-4-14-10)17(5-16-9)7-1-8(19)12(3-18)2-6(7)12/h4-8,18-19H,1-3H2,(H2,13,14,15)/t6-,7+,8+,12+/m0/s1. The van der Waals surface area contributed by atoms with Crippen LogP contribution >= 0.6 is 0 Å². The van der Waals surface area contributed by atoms with Crippen molar-refractivity contribution in [2.45, 2.75) is 25.0 Å². The van der Waals surface area contributed by atoms with E-state index in [1.54, 1.807) is 6.33 Å². The maximum absolute atomic E-state index is 10.1. The maximum atomic E-state index is 10.1. The van der Waals surface area contributed by atoms with E-state index in [4.69, 9.17) is 5.73 Å². The van der Waals surface area contributed by atoms with E-state index in [1.807, 2.05) is 4.57 Å². The number of fused-ring (bicyclic) bond motifs is 2. The summed E-state index contributed by atoms with van der Waals surface area (Å²) in [6.07, 6.45) is 4.16. The number of hydrogen-bond acceptors (Lipinski definition) is 6.